The first-order chi connectivity index (χ1) is 12.3. The summed E-state index contributed by atoms with van der Waals surface area (Å²) in [5.41, 5.74) is 8.33. The average Bonchev–Trinajstić information content (AvgIpc) is 2.64. The summed E-state index contributed by atoms with van der Waals surface area (Å²) in [7, 11) is -3.32. The number of amides is 1. The summed E-state index contributed by atoms with van der Waals surface area (Å²) in [4.78, 5) is 12.5. The zero-order valence-electron chi connectivity index (χ0n) is 15.2. The first-order valence-corrected chi connectivity index (χ1v) is 10.6. The van der Waals surface area contributed by atoms with Crippen molar-refractivity contribution < 1.29 is 13.2 Å². The minimum atomic E-state index is -3.32. The largest absolute Gasteiger partial charge is 0.345 e. The molecule has 140 valence electrons. The van der Waals surface area contributed by atoms with Crippen LogP contribution in [0.4, 0.5) is 0 Å². The van der Waals surface area contributed by atoms with E-state index in [9.17, 15) is 13.2 Å². The molecule has 0 spiro atoms. The van der Waals surface area contributed by atoms with Crippen molar-refractivity contribution in [1.82, 2.24) is 5.32 Å². The molecular formula is C20H26N2O3S. The Labute approximate surface area is 155 Å². The number of rotatable bonds is 8. The lowest BCUT2D eigenvalue weighted by atomic mass is 9.97. The van der Waals surface area contributed by atoms with Crippen LogP contribution < -0.4 is 11.1 Å². The van der Waals surface area contributed by atoms with Crippen molar-refractivity contribution in [2.75, 3.05) is 12.8 Å². The van der Waals surface area contributed by atoms with Gasteiger partial charge in [-0.3, -0.25) is 4.79 Å². The topological polar surface area (TPSA) is 89.3 Å². The summed E-state index contributed by atoms with van der Waals surface area (Å²) in [6.07, 6.45) is 3.05. The standard InChI is InChI=1S/C20H26N2O3S/c1-3-15-9-11-16(12-10-15)20(22-19(23)8-5-13-21)17-6-4-7-18(14-17)26(2,24)25/h4,6-7,9-12,14,20H,3,5,8,13,21H2,1-2H3,(H,22,23). The highest BCUT2D eigenvalue weighted by Gasteiger charge is 2.19. The Balaban J connectivity index is 2.40. The van der Waals surface area contributed by atoms with E-state index in [-0.39, 0.29) is 10.8 Å². The molecule has 0 radical (unpaired) electrons. The van der Waals surface area contributed by atoms with Crippen molar-refractivity contribution in [2.24, 2.45) is 5.73 Å². The molecule has 0 aromatic heterocycles. The zero-order valence-corrected chi connectivity index (χ0v) is 16.1. The van der Waals surface area contributed by atoms with Crippen LogP contribution >= 0.6 is 0 Å². The van der Waals surface area contributed by atoms with E-state index in [1.165, 1.54) is 11.8 Å². The molecule has 0 saturated carbocycles. The van der Waals surface area contributed by atoms with Gasteiger partial charge in [-0.25, -0.2) is 8.42 Å². The normalized spacial score (nSPS) is 12.6. The SMILES string of the molecule is CCc1ccc(C(NC(=O)CCCN)c2cccc(S(C)(=O)=O)c2)cc1. The number of carbonyl (C=O) groups excluding carboxylic acids is 1. The van der Waals surface area contributed by atoms with Crippen LogP contribution in [0.3, 0.4) is 0 Å². The molecule has 5 nitrogen and oxygen atoms in total. The van der Waals surface area contributed by atoms with Gasteiger partial charge >= 0.3 is 0 Å². The van der Waals surface area contributed by atoms with Crippen molar-refractivity contribution >= 4 is 15.7 Å². The summed E-state index contributed by atoms with van der Waals surface area (Å²) in [5.74, 6) is -0.107. The number of hydrogen-bond donors (Lipinski definition) is 2. The Bertz CT molecular complexity index is 846. The van der Waals surface area contributed by atoms with Gasteiger partial charge in [0.2, 0.25) is 5.91 Å². The molecule has 3 N–H and O–H groups in total. The Morgan fingerprint density at radius 3 is 2.38 bits per heavy atom. The van der Waals surface area contributed by atoms with Crippen molar-refractivity contribution in [3.8, 4) is 0 Å². The van der Waals surface area contributed by atoms with Gasteiger partial charge in [-0.1, -0.05) is 43.3 Å². The number of carbonyl (C=O) groups is 1. The molecule has 1 unspecified atom stereocenters. The number of hydrogen-bond acceptors (Lipinski definition) is 4. The summed E-state index contributed by atoms with van der Waals surface area (Å²) in [6.45, 7) is 2.53. The van der Waals surface area contributed by atoms with Gasteiger partial charge in [-0.05, 0) is 48.2 Å². The van der Waals surface area contributed by atoms with Crippen molar-refractivity contribution in [3.63, 3.8) is 0 Å². The highest BCUT2D eigenvalue weighted by molar-refractivity contribution is 7.90. The molecule has 0 bridgehead atoms. The molecule has 2 rings (SSSR count). The third-order valence-corrected chi connectivity index (χ3v) is 5.36. The lowest BCUT2D eigenvalue weighted by molar-refractivity contribution is -0.121. The zero-order chi connectivity index (χ0) is 19.2. The fraction of sp³-hybridized carbons (Fsp3) is 0.350. The lowest BCUT2D eigenvalue weighted by Crippen LogP contribution is -2.29. The van der Waals surface area contributed by atoms with E-state index < -0.39 is 15.9 Å². The molecule has 26 heavy (non-hydrogen) atoms. The molecule has 2 aromatic rings. The molecule has 6 heteroatoms. The van der Waals surface area contributed by atoms with E-state index in [4.69, 9.17) is 5.73 Å². The molecule has 0 fully saturated rings. The molecule has 0 saturated heterocycles. The van der Waals surface area contributed by atoms with Crippen LogP contribution in [0.1, 0.15) is 42.5 Å². The Morgan fingerprint density at radius 2 is 1.81 bits per heavy atom. The summed E-state index contributed by atoms with van der Waals surface area (Å²) < 4.78 is 23.8. The van der Waals surface area contributed by atoms with Crippen LogP contribution in [0.2, 0.25) is 0 Å². The maximum Gasteiger partial charge on any atom is 0.220 e. The van der Waals surface area contributed by atoms with Gasteiger partial charge in [-0.15, -0.1) is 0 Å². The summed E-state index contributed by atoms with van der Waals surface area (Å²) in [6, 6.07) is 14.3. The van der Waals surface area contributed by atoms with E-state index in [0.29, 0.717) is 19.4 Å². The molecule has 2 aromatic carbocycles. The van der Waals surface area contributed by atoms with Crippen LogP contribution in [0.15, 0.2) is 53.4 Å². The van der Waals surface area contributed by atoms with E-state index in [2.05, 4.69) is 12.2 Å². The third kappa shape index (κ3) is 5.41. The summed E-state index contributed by atoms with van der Waals surface area (Å²) in [5, 5.41) is 3.01. The lowest BCUT2D eigenvalue weighted by Gasteiger charge is -2.21. The molecule has 1 amide bonds. The second-order valence-electron chi connectivity index (χ2n) is 6.33. The second kappa shape index (κ2) is 8.96. The maximum atomic E-state index is 12.3. The molecule has 1 atom stereocenters. The van der Waals surface area contributed by atoms with Crippen LogP contribution in [0.25, 0.3) is 0 Å². The Hall–Kier alpha value is -2.18. The molecule has 0 heterocycles. The van der Waals surface area contributed by atoms with Crippen LogP contribution in [-0.2, 0) is 21.1 Å². The Morgan fingerprint density at radius 1 is 1.12 bits per heavy atom. The first-order valence-electron chi connectivity index (χ1n) is 8.73. The number of nitrogens with two attached hydrogens (primary N) is 1. The van der Waals surface area contributed by atoms with Crippen LogP contribution in [-0.4, -0.2) is 27.1 Å². The summed E-state index contributed by atoms with van der Waals surface area (Å²) >= 11 is 0. The first kappa shape index (κ1) is 20.1. The molecule has 0 aliphatic heterocycles. The fourth-order valence-corrected chi connectivity index (χ4v) is 3.40. The molecule has 0 aliphatic rings. The third-order valence-electron chi connectivity index (χ3n) is 4.25. The van der Waals surface area contributed by atoms with Crippen LogP contribution in [0, 0.1) is 0 Å². The molecular weight excluding hydrogens is 348 g/mol. The second-order valence-corrected chi connectivity index (χ2v) is 8.35. The molecule has 0 aliphatic carbocycles. The number of sulfone groups is 1. The predicted octanol–water partition coefficient (Wildman–Crippen LogP) is 2.60. The van der Waals surface area contributed by atoms with Gasteiger partial charge < -0.3 is 11.1 Å². The van der Waals surface area contributed by atoms with Gasteiger partial charge in [0, 0.05) is 12.7 Å². The van der Waals surface area contributed by atoms with E-state index >= 15 is 0 Å². The van der Waals surface area contributed by atoms with Gasteiger partial charge in [0.05, 0.1) is 10.9 Å². The van der Waals surface area contributed by atoms with E-state index in [1.807, 2.05) is 30.3 Å². The Kier molecular flexibility index (Phi) is 6.94. The van der Waals surface area contributed by atoms with E-state index in [1.54, 1.807) is 18.2 Å². The highest BCUT2D eigenvalue weighted by Crippen LogP contribution is 2.25. The van der Waals surface area contributed by atoms with Crippen molar-refractivity contribution in [1.29, 1.82) is 0 Å². The van der Waals surface area contributed by atoms with E-state index in [0.717, 1.165) is 17.5 Å². The smallest absolute Gasteiger partial charge is 0.220 e. The predicted molar refractivity (Wildman–Crippen MR) is 104 cm³/mol. The minimum Gasteiger partial charge on any atom is -0.345 e. The average molecular weight is 375 g/mol. The van der Waals surface area contributed by atoms with Gasteiger partial charge in [0.15, 0.2) is 9.84 Å². The highest BCUT2D eigenvalue weighted by atomic mass is 32.2. The van der Waals surface area contributed by atoms with Crippen molar-refractivity contribution in [2.45, 2.75) is 37.1 Å². The van der Waals surface area contributed by atoms with Gasteiger partial charge in [0.25, 0.3) is 0 Å². The maximum absolute atomic E-state index is 12.3. The fourth-order valence-electron chi connectivity index (χ4n) is 2.73. The quantitative estimate of drug-likeness (QED) is 0.743. The van der Waals surface area contributed by atoms with Crippen LogP contribution in [0.5, 0.6) is 0 Å². The van der Waals surface area contributed by atoms with Crippen molar-refractivity contribution in [3.05, 3.63) is 65.2 Å². The monoisotopic (exact) mass is 374 g/mol. The number of aryl methyl sites for hydroxylation is 1. The van der Waals surface area contributed by atoms with Gasteiger partial charge in [-0.2, -0.15) is 0 Å². The number of nitrogens with one attached hydrogen (secondary N) is 1. The van der Waals surface area contributed by atoms with Gasteiger partial charge in [0.1, 0.15) is 0 Å². The minimum absolute atomic E-state index is 0.107. The number of benzene rings is 2.